The predicted molar refractivity (Wildman–Crippen MR) is 67.9 cm³/mol. The molecule has 17 heavy (non-hydrogen) atoms. The minimum absolute atomic E-state index is 0.712. The van der Waals surface area contributed by atoms with Gasteiger partial charge in [-0.05, 0) is 6.42 Å². The van der Waals surface area contributed by atoms with Gasteiger partial charge in [0.25, 0.3) is 0 Å². The average molecular weight is 228 g/mol. The second-order valence-electron chi connectivity index (χ2n) is 3.80. The van der Waals surface area contributed by atoms with E-state index >= 15 is 0 Å². The van der Waals surface area contributed by atoms with E-state index in [1.54, 1.807) is 12.5 Å². The highest BCUT2D eigenvalue weighted by Gasteiger charge is 2.06. The molecule has 2 rings (SSSR count). The van der Waals surface area contributed by atoms with Crippen LogP contribution < -0.4 is 4.74 Å². The Bertz CT molecular complexity index is 457. The van der Waals surface area contributed by atoms with E-state index in [4.69, 9.17) is 4.74 Å². The van der Waals surface area contributed by atoms with E-state index in [1.807, 2.05) is 30.3 Å². The smallest absolute Gasteiger partial charge is 0.163 e. The number of rotatable bonds is 5. The van der Waals surface area contributed by atoms with Crippen molar-refractivity contribution in [1.29, 1.82) is 0 Å². The first-order valence-corrected chi connectivity index (χ1v) is 5.90. The average Bonchev–Trinajstić information content (AvgIpc) is 2.41. The van der Waals surface area contributed by atoms with Crippen molar-refractivity contribution < 1.29 is 4.74 Å². The van der Waals surface area contributed by atoms with Crippen LogP contribution in [0.25, 0.3) is 11.3 Å². The van der Waals surface area contributed by atoms with Gasteiger partial charge in [0.2, 0.25) is 0 Å². The number of benzene rings is 1. The highest BCUT2D eigenvalue weighted by Crippen LogP contribution is 2.26. The summed E-state index contributed by atoms with van der Waals surface area (Å²) in [6.07, 6.45) is 5.44. The van der Waals surface area contributed by atoms with E-state index in [9.17, 15) is 0 Å². The maximum Gasteiger partial charge on any atom is 0.163 e. The van der Waals surface area contributed by atoms with Gasteiger partial charge in [0.15, 0.2) is 5.75 Å². The molecule has 0 aliphatic heterocycles. The highest BCUT2D eigenvalue weighted by molar-refractivity contribution is 5.65. The highest BCUT2D eigenvalue weighted by atomic mass is 16.5. The maximum absolute atomic E-state index is 5.71. The van der Waals surface area contributed by atoms with Crippen LogP contribution in [0.15, 0.2) is 42.9 Å². The summed E-state index contributed by atoms with van der Waals surface area (Å²) in [5, 5.41) is 0. The third kappa shape index (κ3) is 3.03. The fourth-order valence-corrected chi connectivity index (χ4v) is 1.56. The molecule has 0 bridgehead atoms. The molecule has 0 saturated carbocycles. The van der Waals surface area contributed by atoms with Gasteiger partial charge in [-0.3, -0.25) is 0 Å². The Morgan fingerprint density at radius 3 is 2.76 bits per heavy atom. The molecule has 3 heteroatoms. The number of ether oxygens (including phenoxy) is 1. The van der Waals surface area contributed by atoms with Gasteiger partial charge in [-0.25, -0.2) is 9.97 Å². The molecule has 0 saturated heterocycles. The molecule has 0 fully saturated rings. The van der Waals surface area contributed by atoms with Gasteiger partial charge in [-0.2, -0.15) is 0 Å². The molecule has 0 aliphatic carbocycles. The third-order valence-corrected chi connectivity index (χ3v) is 2.48. The minimum atomic E-state index is 0.712. The van der Waals surface area contributed by atoms with Crippen LogP contribution in [-0.2, 0) is 0 Å². The standard InChI is InChI=1S/C14H16N2O/c1-2-3-9-17-13-10-15-11-16-14(13)12-7-5-4-6-8-12/h4-8,10-11H,2-3,9H2,1H3. The molecule has 1 aromatic carbocycles. The second-order valence-corrected chi connectivity index (χ2v) is 3.80. The molecule has 0 unspecified atom stereocenters. The summed E-state index contributed by atoms with van der Waals surface area (Å²) < 4.78 is 5.71. The Balaban J connectivity index is 2.22. The summed E-state index contributed by atoms with van der Waals surface area (Å²) in [6, 6.07) is 10.0. The van der Waals surface area contributed by atoms with Crippen LogP contribution in [0.4, 0.5) is 0 Å². The monoisotopic (exact) mass is 228 g/mol. The lowest BCUT2D eigenvalue weighted by molar-refractivity contribution is 0.308. The number of hydrogen-bond donors (Lipinski definition) is 0. The van der Waals surface area contributed by atoms with Crippen molar-refractivity contribution in [2.45, 2.75) is 19.8 Å². The van der Waals surface area contributed by atoms with Crippen LogP contribution in [0.1, 0.15) is 19.8 Å². The van der Waals surface area contributed by atoms with Gasteiger partial charge >= 0.3 is 0 Å². The van der Waals surface area contributed by atoms with Crippen molar-refractivity contribution in [3.63, 3.8) is 0 Å². The zero-order valence-corrected chi connectivity index (χ0v) is 9.97. The summed E-state index contributed by atoms with van der Waals surface area (Å²) in [5.74, 6) is 0.757. The first kappa shape index (κ1) is 11.6. The Labute approximate surface area is 102 Å². The summed E-state index contributed by atoms with van der Waals surface area (Å²) in [4.78, 5) is 8.31. The van der Waals surface area contributed by atoms with Gasteiger partial charge in [0.1, 0.15) is 12.0 Å². The molecular weight excluding hydrogens is 212 g/mol. The zero-order valence-electron chi connectivity index (χ0n) is 9.97. The van der Waals surface area contributed by atoms with Crippen LogP contribution in [0, 0.1) is 0 Å². The van der Waals surface area contributed by atoms with E-state index in [0.29, 0.717) is 6.61 Å². The fraction of sp³-hybridized carbons (Fsp3) is 0.286. The van der Waals surface area contributed by atoms with E-state index in [1.165, 1.54) is 0 Å². The van der Waals surface area contributed by atoms with E-state index in [2.05, 4.69) is 16.9 Å². The van der Waals surface area contributed by atoms with Gasteiger partial charge < -0.3 is 4.74 Å². The molecule has 0 aliphatic rings. The first-order chi connectivity index (χ1) is 8.42. The molecule has 3 nitrogen and oxygen atoms in total. The first-order valence-electron chi connectivity index (χ1n) is 5.90. The SMILES string of the molecule is CCCCOc1cncnc1-c1ccccc1. The summed E-state index contributed by atoms with van der Waals surface area (Å²) in [7, 11) is 0. The molecule has 0 radical (unpaired) electrons. The number of aromatic nitrogens is 2. The summed E-state index contributed by atoms with van der Waals surface area (Å²) >= 11 is 0. The number of hydrogen-bond acceptors (Lipinski definition) is 3. The van der Waals surface area contributed by atoms with E-state index < -0.39 is 0 Å². The molecule has 0 atom stereocenters. The molecule has 0 spiro atoms. The van der Waals surface area contributed by atoms with Gasteiger partial charge in [-0.1, -0.05) is 43.7 Å². The van der Waals surface area contributed by atoms with Crippen molar-refractivity contribution in [2.75, 3.05) is 6.61 Å². The lowest BCUT2D eigenvalue weighted by Crippen LogP contribution is -2.00. The Morgan fingerprint density at radius 2 is 2.00 bits per heavy atom. The van der Waals surface area contributed by atoms with Crippen LogP contribution in [0.2, 0.25) is 0 Å². The van der Waals surface area contributed by atoms with Crippen LogP contribution in [0.5, 0.6) is 5.75 Å². The van der Waals surface area contributed by atoms with Crippen molar-refractivity contribution in [2.24, 2.45) is 0 Å². The summed E-state index contributed by atoms with van der Waals surface area (Å²) in [6.45, 7) is 2.85. The lowest BCUT2D eigenvalue weighted by atomic mass is 10.1. The van der Waals surface area contributed by atoms with Gasteiger partial charge in [0, 0.05) is 5.56 Å². The Kier molecular flexibility index (Phi) is 4.08. The van der Waals surface area contributed by atoms with Gasteiger partial charge in [0.05, 0.1) is 12.8 Å². The molecule has 1 heterocycles. The Morgan fingerprint density at radius 1 is 1.18 bits per heavy atom. The fourth-order valence-electron chi connectivity index (χ4n) is 1.56. The largest absolute Gasteiger partial charge is 0.490 e. The number of unbranched alkanes of at least 4 members (excludes halogenated alkanes) is 1. The van der Waals surface area contributed by atoms with Crippen LogP contribution >= 0.6 is 0 Å². The molecule has 1 aromatic heterocycles. The van der Waals surface area contributed by atoms with Crippen molar-refractivity contribution in [3.8, 4) is 17.0 Å². The molecule has 0 N–H and O–H groups in total. The van der Waals surface area contributed by atoms with Crippen LogP contribution in [0.3, 0.4) is 0 Å². The lowest BCUT2D eigenvalue weighted by Gasteiger charge is -2.09. The second kappa shape index (κ2) is 5.99. The molecule has 2 aromatic rings. The van der Waals surface area contributed by atoms with Crippen LogP contribution in [-0.4, -0.2) is 16.6 Å². The van der Waals surface area contributed by atoms with Gasteiger partial charge in [-0.15, -0.1) is 0 Å². The zero-order chi connectivity index (χ0) is 11.9. The quantitative estimate of drug-likeness (QED) is 0.736. The van der Waals surface area contributed by atoms with Crippen molar-refractivity contribution >= 4 is 0 Å². The summed E-state index contributed by atoms with van der Waals surface area (Å²) in [5.41, 5.74) is 1.91. The van der Waals surface area contributed by atoms with E-state index in [-0.39, 0.29) is 0 Å². The number of nitrogens with zero attached hydrogens (tertiary/aromatic N) is 2. The van der Waals surface area contributed by atoms with E-state index in [0.717, 1.165) is 29.8 Å². The van der Waals surface area contributed by atoms with Crippen molar-refractivity contribution in [3.05, 3.63) is 42.9 Å². The normalized spacial score (nSPS) is 10.2. The molecular formula is C14H16N2O. The molecule has 88 valence electrons. The van der Waals surface area contributed by atoms with Crippen molar-refractivity contribution in [1.82, 2.24) is 9.97 Å². The maximum atomic E-state index is 5.71. The topological polar surface area (TPSA) is 35.0 Å². The molecule has 0 amide bonds. The minimum Gasteiger partial charge on any atom is -0.490 e. The Hall–Kier alpha value is -1.90. The third-order valence-electron chi connectivity index (χ3n) is 2.48. The predicted octanol–water partition coefficient (Wildman–Crippen LogP) is 3.32.